The number of aliphatic hydroxyl groups is 1. The Bertz CT molecular complexity index is 403. The Morgan fingerprint density at radius 2 is 1.94 bits per heavy atom. The smallest absolute Gasteiger partial charge is 0.142 e. The SMILES string of the molecule is CC(C)(C)C(O)(CN)Cc1cccc(F)c1Cl. The molecule has 1 rings (SSSR count). The second kappa shape index (κ2) is 4.92. The van der Waals surface area contributed by atoms with Crippen LogP contribution in [0.25, 0.3) is 0 Å². The highest BCUT2D eigenvalue weighted by Crippen LogP contribution is 2.34. The van der Waals surface area contributed by atoms with Crippen LogP contribution in [0.5, 0.6) is 0 Å². The van der Waals surface area contributed by atoms with Crippen LogP contribution in [0.4, 0.5) is 4.39 Å². The molecule has 0 aromatic heterocycles. The fourth-order valence-electron chi connectivity index (χ4n) is 1.64. The molecule has 0 spiro atoms. The van der Waals surface area contributed by atoms with Crippen molar-refractivity contribution in [2.75, 3.05) is 6.54 Å². The van der Waals surface area contributed by atoms with Crippen molar-refractivity contribution in [3.8, 4) is 0 Å². The van der Waals surface area contributed by atoms with E-state index in [2.05, 4.69) is 0 Å². The van der Waals surface area contributed by atoms with E-state index < -0.39 is 16.8 Å². The molecule has 1 aromatic rings. The van der Waals surface area contributed by atoms with Crippen LogP contribution in [0.15, 0.2) is 18.2 Å². The molecular formula is C13H19ClFNO. The van der Waals surface area contributed by atoms with E-state index in [0.717, 1.165) is 0 Å². The molecule has 0 aliphatic rings. The largest absolute Gasteiger partial charge is 0.388 e. The molecule has 0 radical (unpaired) electrons. The van der Waals surface area contributed by atoms with Crippen LogP contribution in [-0.2, 0) is 6.42 Å². The molecule has 0 saturated carbocycles. The first-order valence-electron chi connectivity index (χ1n) is 5.56. The maximum atomic E-state index is 13.3. The van der Waals surface area contributed by atoms with Gasteiger partial charge in [0.15, 0.2) is 0 Å². The highest BCUT2D eigenvalue weighted by Gasteiger charge is 2.39. The fourth-order valence-corrected chi connectivity index (χ4v) is 1.84. The maximum Gasteiger partial charge on any atom is 0.142 e. The maximum absolute atomic E-state index is 13.3. The second-order valence-electron chi connectivity index (χ2n) is 5.38. The Kier molecular flexibility index (Phi) is 4.18. The van der Waals surface area contributed by atoms with Crippen LogP contribution in [0.1, 0.15) is 26.3 Å². The van der Waals surface area contributed by atoms with Gasteiger partial charge in [0.1, 0.15) is 5.82 Å². The summed E-state index contributed by atoms with van der Waals surface area (Å²) in [4.78, 5) is 0. The van der Waals surface area contributed by atoms with E-state index >= 15 is 0 Å². The molecule has 0 heterocycles. The third kappa shape index (κ3) is 2.97. The Balaban J connectivity index is 3.08. The zero-order valence-electron chi connectivity index (χ0n) is 10.4. The standard InChI is InChI=1S/C13H19ClFNO/c1-12(2,3)13(17,8-16)7-9-5-4-6-10(15)11(9)14/h4-6,17H,7-8,16H2,1-3H3. The summed E-state index contributed by atoms with van der Waals surface area (Å²) in [5.41, 5.74) is 4.71. The molecular weight excluding hydrogens is 241 g/mol. The predicted molar refractivity (Wildman–Crippen MR) is 68.6 cm³/mol. The van der Waals surface area contributed by atoms with Crippen LogP contribution in [0.2, 0.25) is 5.02 Å². The summed E-state index contributed by atoms with van der Waals surface area (Å²) in [5.74, 6) is -0.475. The van der Waals surface area contributed by atoms with Crippen LogP contribution >= 0.6 is 11.6 Å². The Labute approximate surface area is 107 Å². The van der Waals surface area contributed by atoms with Gasteiger partial charge >= 0.3 is 0 Å². The lowest BCUT2D eigenvalue weighted by Gasteiger charge is -2.39. The van der Waals surface area contributed by atoms with Crippen LogP contribution in [0.3, 0.4) is 0 Å². The molecule has 2 nitrogen and oxygen atoms in total. The van der Waals surface area contributed by atoms with Gasteiger partial charge in [-0.05, 0) is 17.0 Å². The van der Waals surface area contributed by atoms with Gasteiger partial charge in [-0.1, -0.05) is 44.5 Å². The highest BCUT2D eigenvalue weighted by atomic mass is 35.5. The van der Waals surface area contributed by atoms with Crippen LogP contribution in [0, 0.1) is 11.2 Å². The molecule has 0 bridgehead atoms. The van der Waals surface area contributed by atoms with E-state index in [1.54, 1.807) is 12.1 Å². The van der Waals surface area contributed by atoms with E-state index in [-0.39, 0.29) is 18.0 Å². The highest BCUT2D eigenvalue weighted by molar-refractivity contribution is 6.31. The summed E-state index contributed by atoms with van der Waals surface area (Å²) in [6.07, 6.45) is 0.240. The van der Waals surface area contributed by atoms with Crippen LogP contribution < -0.4 is 5.73 Å². The molecule has 96 valence electrons. The molecule has 1 unspecified atom stereocenters. The van der Waals surface area contributed by atoms with Gasteiger partial charge in [0.25, 0.3) is 0 Å². The number of nitrogens with two attached hydrogens (primary N) is 1. The van der Waals surface area contributed by atoms with E-state index in [9.17, 15) is 9.50 Å². The number of rotatable bonds is 3. The minimum Gasteiger partial charge on any atom is -0.388 e. The van der Waals surface area contributed by atoms with Gasteiger partial charge in [-0.2, -0.15) is 0 Å². The number of halogens is 2. The van der Waals surface area contributed by atoms with Crippen molar-refractivity contribution in [2.24, 2.45) is 11.1 Å². The van der Waals surface area contributed by atoms with Gasteiger partial charge < -0.3 is 10.8 Å². The normalized spacial score (nSPS) is 15.7. The first-order valence-corrected chi connectivity index (χ1v) is 5.94. The number of hydrogen-bond acceptors (Lipinski definition) is 2. The van der Waals surface area contributed by atoms with Crippen molar-refractivity contribution in [3.63, 3.8) is 0 Å². The topological polar surface area (TPSA) is 46.2 Å². The zero-order valence-corrected chi connectivity index (χ0v) is 11.2. The molecule has 0 aliphatic heterocycles. The van der Waals surface area contributed by atoms with Gasteiger partial charge in [0.05, 0.1) is 10.6 Å². The fraction of sp³-hybridized carbons (Fsp3) is 0.538. The monoisotopic (exact) mass is 259 g/mol. The van der Waals surface area contributed by atoms with Crippen molar-refractivity contribution in [3.05, 3.63) is 34.6 Å². The Morgan fingerprint density at radius 1 is 1.35 bits per heavy atom. The summed E-state index contributed by atoms with van der Waals surface area (Å²) in [7, 11) is 0. The van der Waals surface area contributed by atoms with Gasteiger partial charge in [-0.3, -0.25) is 0 Å². The van der Waals surface area contributed by atoms with E-state index in [0.29, 0.717) is 5.56 Å². The summed E-state index contributed by atoms with van der Waals surface area (Å²) < 4.78 is 13.3. The van der Waals surface area contributed by atoms with Gasteiger partial charge in [0.2, 0.25) is 0 Å². The lowest BCUT2D eigenvalue weighted by molar-refractivity contribution is -0.0490. The molecule has 0 amide bonds. The van der Waals surface area contributed by atoms with Crippen molar-refractivity contribution in [1.29, 1.82) is 0 Å². The molecule has 17 heavy (non-hydrogen) atoms. The minimum atomic E-state index is -1.11. The third-order valence-electron chi connectivity index (χ3n) is 3.25. The first kappa shape index (κ1) is 14.4. The summed E-state index contributed by atoms with van der Waals surface area (Å²) in [6, 6.07) is 4.58. The van der Waals surface area contributed by atoms with Crippen molar-refractivity contribution in [1.82, 2.24) is 0 Å². The van der Waals surface area contributed by atoms with Crippen molar-refractivity contribution >= 4 is 11.6 Å². The second-order valence-corrected chi connectivity index (χ2v) is 5.75. The number of benzene rings is 1. The van der Waals surface area contributed by atoms with E-state index in [4.69, 9.17) is 17.3 Å². The van der Waals surface area contributed by atoms with Gasteiger partial charge in [-0.25, -0.2) is 4.39 Å². The Morgan fingerprint density at radius 3 is 2.41 bits per heavy atom. The minimum absolute atomic E-state index is 0.0589. The predicted octanol–water partition coefficient (Wildman–Crippen LogP) is 2.76. The van der Waals surface area contributed by atoms with Crippen molar-refractivity contribution < 1.29 is 9.50 Å². The van der Waals surface area contributed by atoms with Gasteiger partial charge in [-0.15, -0.1) is 0 Å². The summed E-state index contributed by atoms with van der Waals surface area (Å²) >= 11 is 5.88. The molecule has 1 atom stereocenters. The van der Waals surface area contributed by atoms with Gasteiger partial charge in [0, 0.05) is 13.0 Å². The molecule has 3 N–H and O–H groups in total. The third-order valence-corrected chi connectivity index (χ3v) is 3.67. The van der Waals surface area contributed by atoms with E-state index in [1.807, 2.05) is 20.8 Å². The molecule has 4 heteroatoms. The lowest BCUT2D eigenvalue weighted by atomic mass is 9.73. The molecule has 0 fully saturated rings. The molecule has 0 saturated heterocycles. The summed E-state index contributed by atoms with van der Waals surface area (Å²) in [5, 5.41) is 10.6. The van der Waals surface area contributed by atoms with E-state index in [1.165, 1.54) is 6.07 Å². The van der Waals surface area contributed by atoms with Crippen LogP contribution in [-0.4, -0.2) is 17.3 Å². The average Bonchev–Trinajstić information content (AvgIpc) is 2.23. The lowest BCUT2D eigenvalue weighted by Crippen LogP contribution is -2.51. The zero-order chi connectivity index (χ0) is 13.3. The molecule has 1 aromatic carbocycles. The quantitative estimate of drug-likeness (QED) is 0.877. The Hall–Kier alpha value is -0.640. The summed E-state index contributed by atoms with van der Waals surface area (Å²) in [6.45, 7) is 5.79. The molecule has 0 aliphatic carbocycles. The van der Waals surface area contributed by atoms with Crippen molar-refractivity contribution in [2.45, 2.75) is 32.8 Å². The first-order chi connectivity index (χ1) is 7.71. The average molecular weight is 260 g/mol. The number of hydrogen-bond donors (Lipinski definition) is 2.